The van der Waals surface area contributed by atoms with Crippen LogP contribution in [0.25, 0.3) is 0 Å². The van der Waals surface area contributed by atoms with Crippen molar-refractivity contribution in [2.45, 2.75) is 44.6 Å². The average molecular weight is 428 g/mol. The zero-order valence-electron chi connectivity index (χ0n) is 17.4. The van der Waals surface area contributed by atoms with Crippen molar-refractivity contribution in [2.75, 3.05) is 13.1 Å². The normalized spacial score (nSPS) is 18.8. The molecular weight excluding hydrogens is 401 g/mol. The summed E-state index contributed by atoms with van der Waals surface area (Å²) < 4.78 is 19.5. The second kappa shape index (κ2) is 9.40. The lowest BCUT2D eigenvalue weighted by Crippen LogP contribution is -2.41. The minimum absolute atomic E-state index is 0.0594. The van der Waals surface area contributed by atoms with Crippen LogP contribution in [0.1, 0.15) is 38.3 Å². The minimum atomic E-state index is -0.500. The number of nitrogens with zero attached hydrogens (tertiary/aromatic N) is 2. The molecule has 3 rings (SSSR count). The van der Waals surface area contributed by atoms with Gasteiger partial charge < -0.3 is 15.0 Å². The number of dihydropyridines is 1. The first-order valence-electron chi connectivity index (χ1n) is 9.88. The van der Waals surface area contributed by atoms with E-state index in [0.717, 1.165) is 11.4 Å². The van der Waals surface area contributed by atoms with Gasteiger partial charge in [0.05, 0.1) is 22.7 Å². The van der Waals surface area contributed by atoms with E-state index in [2.05, 4.69) is 17.5 Å². The average Bonchev–Trinajstić information content (AvgIpc) is 2.72. The van der Waals surface area contributed by atoms with Gasteiger partial charge in [-0.2, -0.15) is 5.26 Å². The van der Waals surface area contributed by atoms with Crippen molar-refractivity contribution < 1.29 is 13.9 Å². The Kier molecular flexibility index (Phi) is 6.88. The number of ether oxygens (including phenoxy) is 1. The van der Waals surface area contributed by atoms with Crippen molar-refractivity contribution in [1.82, 2.24) is 10.2 Å². The van der Waals surface area contributed by atoms with Crippen molar-refractivity contribution in [3.05, 3.63) is 70.0 Å². The van der Waals surface area contributed by atoms with Crippen molar-refractivity contribution in [2.24, 2.45) is 0 Å². The highest BCUT2D eigenvalue weighted by molar-refractivity contribution is 8.02. The molecule has 158 valence electrons. The molecule has 1 aromatic carbocycles. The van der Waals surface area contributed by atoms with E-state index in [1.807, 2.05) is 39.0 Å². The Morgan fingerprint density at radius 1 is 1.43 bits per heavy atom. The Morgan fingerprint density at radius 3 is 2.87 bits per heavy atom. The third-order valence-corrected chi connectivity index (χ3v) is 5.73. The number of nitrogens with one attached hydrogen (secondary N) is 1. The molecule has 0 fully saturated rings. The molecule has 2 aliphatic rings. The van der Waals surface area contributed by atoms with Gasteiger partial charge in [-0.15, -0.1) is 11.8 Å². The predicted octanol–water partition coefficient (Wildman–Crippen LogP) is 4.87. The molecule has 0 saturated carbocycles. The molecule has 0 saturated heterocycles. The number of allylic oxidation sites excluding steroid dienone is 2. The minimum Gasteiger partial charge on any atom is -0.444 e. The number of carbonyl (C=O) groups excluding carboxylic acids is 1. The lowest BCUT2D eigenvalue weighted by Gasteiger charge is -2.32. The number of thioether (sulfide) groups is 1. The van der Waals surface area contributed by atoms with E-state index < -0.39 is 5.60 Å². The lowest BCUT2D eigenvalue weighted by molar-refractivity contribution is 0.0265. The number of rotatable bonds is 4. The second-order valence-corrected chi connectivity index (χ2v) is 9.22. The molecule has 0 aliphatic carbocycles. The maximum atomic E-state index is 14.1. The third kappa shape index (κ3) is 5.90. The monoisotopic (exact) mass is 427 g/mol. The Bertz CT molecular complexity index is 941. The molecule has 30 heavy (non-hydrogen) atoms. The van der Waals surface area contributed by atoms with E-state index in [0.29, 0.717) is 30.0 Å². The summed E-state index contributed by atoms with van der Waals surface area (Å²) in [6, 6.07) is 6.56. The van der Waals surface area contributed by atoms with E-state index in [9.17, 15) is 9.18 Å². The summed E-state index contributed by atoms with van der Waals surface area (Å²) in [5.74, 6) is 0.116. The zero-order chi connectivity index (χ0) is 21.7. The first-order valence-corrected chi connectivity index (χ1v) is 10.9. The largest absolute Gasteiger partial charge is 0.444 e. The van der Waals surface area contributed by atoms with Gasteiger partial charge in [-0.3, -0.25) is 0 Å². The molecule has 7 heteroatoms. The Hall–Kier alpha value is -2.72. The number of hydrogen-bond donors (Lipinski definition) is 1. The van der Waals surface area contributed by atoms with Crippen molar-refractivity contribution in [1.29, 1.82) is 5.26 Å². The predicted molar refractivity (Wildman–Crippen MR) is 117 cm³/mol. The van der Waals surface area contributed by atoms with Crippen LogP contribution in [-0.4, -0.2) is 35.7 Å². The van der Waals surface area contributed by atoms with Crippen LogP contribution in [0.4, 0.5) is 9.18 Å². The van der Waals surface area contributed by atoms with Crippen molar-refractivity contribution >= 4 is 17.9 Å². The molecule has 1 aromatic rings. The molecule has 1 N–H and O–H groups in total. The molecule has 5 nitrogen and oxygen atoms in total. The first-order chi connectivity index (χ1) is 14.2. The topological polar surface area (TPSA) is 65.4 Å². The van der Waals surface area contributed by atoms with Crippen LogP contribution in [-0.2, 0) is 10.5 Å². The van der Waals surface area contributed by atoms with Crippen LogP contribution >= 0.6 is 11.8 Å². The van der Waals surface area contributed by atoms with Crippen molar-refractivity contribution in [3.8, 4) is 6.07 Å². The first kappa shape index (κ1) is 22.0. The third-order valence-electron chi connectivity index (χ3n) is 4.71. The van der Waals surface area contributed by atoms with Gasteiger partial charge in [0.15, 0.2) is 0 Å². The standard InChI is InChI=1S/C23H26FN3O2S/c1-23(2,3)29-22(28)27-11-9-17(10-12-27)20-5-4-6-21(26-20)30-15-18-8-7-16(14-25)13-19(18)24/h4-9,13,20,26H,10-12,15H2,1-3H3. The maximum Gasteiger partial charge on any atom is 0.410 e. The number of halogens is 1. The molecule has 2 aliphatic heterocycles. The van der Waals surface area contributed by atoms with Crippen molar-refractivity contribution in [3.63, 3.8) is 0 Å². The molecule has 1 amide bonds. The Morgan fingerprint density at radius 2 is 2.23 bits per heavy atom. The van der Waals surface area contributed by atoms with Gasteiger partial charge in [0, 0.05) is 18.8 Å². The van der Waals surface area contributed by atoms with Crippen LogP contribution < -0.4 is 5.32 Å². The summed E-state index contributed by atoms with van der Waals surface area (Å²) in [6.07, 6.45) is 8.61. The van der Waals surface area contributed by atoms with Crippen LogP contribution in [0.2, 0.25) is 0 Å². The SMILES string of the molecule is CC(C)(C)OC(=O)N1CC=C(C2C=CC=C(SCc3ccc(C#N)cc3F)N2)CC1. The highest BCUT2D eigenvalue weighted by Crippen LogP contribution is 2.27. The second-order valence-electron chi connectivity index (χ2n) is 8.20. The molecular formula is C23H26FN3O2S. The highest BCUT2D eigenvalue weighted by atomic mass is 32.2. The fourth-order valence-corrected chi connectivity index (χ4v) is 4.09. The van der Waals surface area contributed by atoms with Crippen LogP contribution in [0.3, 0.4) is 0 Å². The van der Waals surface area contributed by atoms with Gasteiger partial charge in [-0.25, -0.2) is 9.18 Å². The van der Waals surface area contributed by atoms with Gasteiger partial charge in [0.2, 0.25) is 0 Å². The summed E-state index contributed by atoms with van der Waals surface area (Å²) in [6.45, 7) is 6.74. The number of benzene rings is 1. The van der Waals surface area contributed by atoms with Gasteiger partial charge in [-0.1, -0.05) is 24.3 Å². The molecule has 2 heterocycles. The fourth-order valence-electron chi connectivity index (χ4n) is 3.16. The van der Waals surface area contributed by atoms with Gasteiger partial charge in [-0.05, 0) is 56.5 Å². The molecule has 0 aromatic heterocycles. The van der Waals surface area contributed by atoms with E-state index in [1.54, 1.807) is 17.0 Å². The van der Waals surface area contributed by atoms with Crippen LogP contribution in [0.5, 0.6) is 0 Å². The van der Waals surface area contributed by atoms with Gasteiger partial charge in [0.25, 0.3) is 0 Å². The quantitative estimate of drug-likeness (QED) is 0.695. The molecule has 0 spiro atoms. The van der Waals surface area contributed by atoms with E-state index in [-0.39, 0.29) is 18.0 Å². The summed E-state index contributed by atoms with van der Waals surface area (Å²) in [5, 5.41) is 13.3. The molecule has 0 radical (unpaired) electrons. The summed E-state index contributed by atoms with van der Waals surface area (Å²) in [4.78, 5) is 13.9. The van der Waals surface area contributed by atoms with E-state index in [4.69, 9.17) is 10.00 Å². The van der Waals surface area contributed by atoms with Gasteiger partial charge >= 0.3 is 6.09 Å². The maximum absolute atomic E-state index is 14.1. The van der Waals surface area contributed by atoms with Gasteiger partial charge in [0.1, 0.15) is 11.4 Å². The smallest absolute Gasteiger partial charge is 0.410 e. The Labute approximate surface area is 181 Å². The zero-order valence-corrected chi connectivity index (χ0v) is 18.3. The summed E-state index contributed by atoms with van der Waals surface area (Å²) in [7, 11) is 0. The summed E-state index contributed by atoms with van der Waals surface area (Å²) >= 11 is 1.52. The number of carbonyl (C=O) groups is 1. The number of hydrogen-bond acceptors (Lipinski definition) is 5. The fraction of sp³-hybridized carbons (Fsp3) is 0.391. The van der Waals surface area contributed by atoms with E-state index in [1.165, 1.54) is 23.4 Å². The molecule has 0 bridgehead atoms. The molecule has 1 atom stereocenters. The summed E-state index contributed by atoms with van der Waals surface area (Å²) in [5.41, 5.74) is 1.61. The van der Waals surface area contributed by atoms with E-state index >= 15 is 0 Å². The van der Waals surface area contributed by atoms with Crippen LogP contribution in [0.15, 0.2) is 53.1 Å². The molecule has 1 unspecified atom stereocenters. The Balaban J connectivity index is 1.54. The number of amides is 1. The van der Waals surface area contributed by atoms with Crippen LogP contribution in [0, 0.1) is 17.1 Å². The lowest BCUT2D eigenvalue weighted by atomic mass is 9.99. The highest BCUT2D eigenvalue weighted by Gasteiger charge is 2.25. The number of nitriles is 1.